The van der Waals surface area contributed by atoms with Crippen LogP contribution in [-0.4, -0.2) is 47.6 Å². The Hall–Kier alpha value is -2.67. The van der Waals surface area contributed by atoms with Gasteiger partial charge in [0.2, 0.25) is 11.9 Å². The zero-order valence-electron chi connectivity index (χ0n) is 16.2. The molecule has 3 heterocycles. The summed E-state index contributed by atoms with van der Waals surface area (Å²) < 4.78 is 11.6. The minimum Gasteiger partial charge on any atom is -0.496 e. The lowest BCUT2D eigenvalue weighted by atomic mass is 9.83. The highest BCUT2D eigenvalue weighted by Crippen LogP contribution is 2.40. The van der Waals surface area contributed by atoms with Gasteiger partial charge in [-0.25, -0.2) is 9.97 Å². The van der Waals surface area contributed by atoms with Crippen LogP contribution in [0.1, 0.15) is 36.1 Å². The van der Waals surface area contributed by atoms with Crippen LogP contribution in [0.15, 0.2) is 30.5 Å². The fourth-order valence-corrected chi connectivity index (χ4v) is 4.23. The van der Waals surface area contributed by atoms with Gasteiger partial charge in [0.1, 0.15) is 11.4 Å². The number of likely N-dealkylation sites (tertiary alicyclic amines) is 1. The number of nitrogen functional groups attached to an aromatic ring is 1. The van der Waals surface area contributed by atoms with Crippen LogP contribution in [0.5, 0.6) is 5.75 Å². The van der Waals surface area contributed by atoms with Crippen LogP contribution in [-0.2, 0) is 28.0 Å². The first kappa shape index (κ1) is 18.7. The number of fused-ring (bicyclic) bond motifs is 2. The summed E-state index contributed by atoms with van der Waals surface area (Å²) in [6, 6.07) is 7.84. The number of rotatable bonds is 4. The number of ether oxygens (including phenoxy) is 2. The predicted octanol–water partition coefficient (Wildman–Crippen LogP) is 2.09. The second-order valence-electron chi connectivity index (χ2n) is 7.39. The summed E-state index contributed by atoms with van der Waals surface area (Å²) in [5.74, 6) is 1.27. The number of carbonyl (C=O) groups excluding carboxylic acids is 1. The number of amides is 1. The van der Waals surface area contributed by atoms with E-state index in [1.807, 2.05) is 35.4 Å². The molecule has 0 radical (unpaired) electrons. The maximum atomic E-state index is 12.7. The van der Waals surface area contributed by atoms with Gasteiger partial charge in [-0.2, -0.15) is 0 Å². The number of hydrogen-bond donors (Lipinski definition) is 1. The Kier molecular flexibility index (Phi) is 5.17. The van der Waals surface area contributed by atoms with Gasteiger partial charge in [-0.15, -0.1) is 0 Å². The number of benzene rings is 1. The highest BCUT2D eigenvalue weighted by Gasteiger charge is 2.43. The van der Waals surface area contributed by atoms with E-state index in [2.05, 4.69) is 9.97 Å². The first-order valence-corrected chi connectivity index (χ1v) is 9.77. The maximum absolute atomic E-state index is 12.7. The molecule has 2 N–H and O–H groups in total. The second-order valence-corrected chi connectivity index (χ2v) is 7.39. The van der Waals surface area contributed by atoms with Crippen molar-refractivity contribution >= 4 is 11.9 Å². The van der Waals surface area contributed by atoms with Gasteiger partial charge in [0.25, 0.3) is 0 Å². The van der Waals surface area contributed by atoms with Gasteiger partial charge < -0.3 is 20.1 Å². The molecule has 1 aromatic heterocycles. The van der Waals surface area contributed by atoms with E-state index in [4.69, 9.17) is 15.2 Å². The standard InChI is InChI=1S/C21H26N4O3/c1-27-17-5-3-2-4-15(17)6-7-18(26)25-11-9-21(10-12-25)19-16(8-13-28-21)14-23-20(22)24-19/h2-5,14H,6-13H2,1H3,(H2,22,23,24). The summed E-state index contributed by atoms with van der Waals surface area (Å²) in [6.07, 6.45) is 5.23. The van der Waals surface area contributed by atoms with Crippen molar-refractivity contribution in [3.05, 3.63) is 47.3 Å². The minimum absolute atomic E-state index is 0.166. The van der Waals surface area contributed by atoms with Crippen molar-refractivity contribution in [2.45, 2.75) is 37.7 Å². The van der Waals surface area contributed by atoms with Crippen LogP contribution in [0.4, 0.5) is 5.95 Å². The lowest BCUT2D eigenvalue weighted by Crippen LogP contribution is -2.49. The van der Waals surface area contributed by atoms with Gasteiger partial charge >= 0.3 is 0 Å². The predicted molar refractivity (Wildman–Crippen MR) is 105 cm³/mol. The molecule has 2 aliphatic rings. The van der Waals surface area contributed by atoms with E-state index in [-0.39, 0.29) is 11.9 Å². The molecule has 1 fully saturated rings. The largest absolute Gasteiger partial charge is 0.496 e. The molecule has 0 unspecified atom stereocenters. The summed E-state index contributed by atoms with van der Waals surface area (Å²) in [5, 5.41) is 0. The molecule has 0 bridgehead atoms. The number of nitrogens with zero attached hydrogens (tertiary/aromatic N) is 3. The highest BCUT2D eigenvalue weighted by molar-refractivity contribution is 5.76. The van der Waals surface area contributed by atoms with E-state index >= 15 is 0 Å². The van der Waals surface area contributed by atoms with Crippen LogP contribution in [0.3, 0.4) is 0 Å². The number of aromatic nitrogens is 2. The van der Waals surface area contributed by atoms with Gasteiger partial charge in [0.15, 0.2) is 0 Å². The fourth-order valence-electron chi connectivity index (χ4n) is 4.23. The van der Waals surface area contributed by atoms with E-state index in [9.17, 15) is 4.79 Å². The van der Waals surface area contributed by atoms with Crippen LogP contribution in [0, 0.1) is 0 Å². The molecule has 148 valence electrons. The quantitative estimate of drug-likeness (QED) is 0.871. The smallest absolute Gasteiger partial charge is 0.222 e. The average Bonchev–Trinajstić information content (AvgIpc) is 2.73. The SMILES string of the molecule is COc1ccccc1CCC(=O)N1CCC2(CC1)OCCc1cnc(N)nc12. The molecule has 0 saturated carbocycles. The van der Waals surface area contributed by atoms with E-state index in [0.717, 1.165) is 41.8 Å². The molecule has 1 aromatic carbocycles. The van der Waals surface area contributed by atoms with Crippen LogP contribution >= 0.6 is 0 Å². The zero-order chi connectivity index (χ0) is 19.6. The summed E-state index contributed by atoms with van der Waals surface area (Å²) in [4.78, 5) is 23.3. The first-order valence-electron chi connectivity index (χ1n) is 9.77. The number of piperidine rings is 1. The molecule has 1 saturated heterocycles. The molecule has 1 spiro atoms. The Balaban J connectivity index is 1.39. The lowest BCUT2D eigenvalue weighted by Gasteiger charge is -2.44. The van der Waals surface area contributed by atoms with Crippen LogP contribution in [0.2, 0.25) is 0 Å². The Morgan fingerprint density at radius 2 is 2.11 bits per heavy atom. The fraction of sp³-hybridized carbons (Fsp3) is 0.476. The number of hydrogen-bond acceptors (Lipinski definition) is 6. The van der Waals surface area contributed by atoms with Crippen molar-refractivity contribution in [1.82, 2.24) is 14.9 Å². The number of aryl methyl sites for hydroxylation is 1. The molecule has 4 rings (SSSR count). The highest BCUT2D eigenvalue weighted by atomic mass is 16.5. The normalized spacial score (nSPS) is 18.0. The summed E-state index contributed by atoms with van der Waals surface area (Å²) in [7, 11) is 1.66. The van der Waals surface area contributed by atoms with Gasteiger partial charge in [-0.05, 0) is 42.9 Å². The van der Waals surface area contributed by atoms with E-state index in [1.54, 1.807) is 7.11 Å². The Labute approximate surface area is 164 Å². The van der Waals surface area contributed by atoms with Gasteiger partial charge in [0, 0.05) is 25.7 Å². The van der Waals surface area contributed by atoms with Crippen molar-refractivity contribution in [2.24, 2.45) is 0 Å². The third-order valence-electron chi connectivity index (χ3n) is 5.79. The van der Waals surface area contributed by atoms with Gasteiger partial charge in [0.05, 0.1) is 19.4 Å². The molecule has 7 nitrogen and oxygen atoms in total. The number of nitrogens with two attached hydrogens (primary N) is 1. The Bertz CT molecular complexity index is 862. The molecule has 0 aliphatic carbocycles. The summed E-state index contributed by atoms with van der Waals surface area (Å²) in [5.41, 5.74) is 8.45. The van der Waals surface area contributed by atoms with E-state index in [0.29, 0.717) is 32.5 Å². The van der Waals surface area contributed by atoms with Crippen molar-refractivity contribution in [3.63, 3.8) is 0 Å². The second kappa shape index (κ2) is 7.75. The third-order valence-corrected chi connectivity index (χ3v) is 5.79. The zero-order valence-corrected chi connectivity index (χ0v) is 16.2. The number of anilines is 1. The van der Waals surface area contributed by atoms with Gasteiger partial charge in [-0.1, -0.05) is 18.2 Å². The van der Waals surface area contributed by atoms with E-state index in [1.165, 1.54) is 0 Å². The van der Waals surface area contributed by atoms with Gasteiger partial charge in [-0.3, -0.25) is 4.79 Å². The Morgan fingerprint density at radius 1 is 1.32 bits per heavy atom. The van der Waals surface area contributed by atoms with Crippen molar-refractivity contribution in [2.75, 3.05) is 32.5 Å². The van der Waals surface area contributed by atoms with Crippen LogP contribution in [0.25, 0.3) is 0 Å². The molecule has 7 heteroatoms. The molecule has 0 atom stereocenters. The topological polar surface area (TPSA) is 90.6 Å². The molecular formula is C21H26N4O3. The molecule has 1 amide bonds. The minimum atomic E-state index is -0.440. The van der Waals surface area contributed by atoms with Crippen LogP contribution < -0.4 is 10.5 Å². The third kappa shape index (κ3) is 3.54. The average molecular weight is 382 g/mol. The molecular weight excluding hydrogens is 356 g/mol. The van der Waals surface area contributed by atoms with Crippen molar-refractivity contribution in [1.29, 1.82) is 0 Å². The number of carbonyl (C=O) groups is 1. The number of para-hydroxylation sites is 1. The van der Waals surface area contributed by atoms with E-state index < -0.39 is 5.60 Å². The summed E-state index contributed by atoms with van der Waals surface area (Å²) >= 11 is 0. The molecule has 28 heavy (non-hydrogen) atoms. The lowest BCUT2D eigenvalue weighted by molar-refractivity contribution is -0.141. The van der Waals surface area contributed by atoms with Crippen molar-refractivity contribution in [3.8, 4) is 5.75 Å². The first-order chi connectivity index (χ1) is 13.6. The summed E-state index contributed by atoms with van der Waals surface area (Å²) in [6.45, 7) is 1.98. The number of methoxy groups -OCH3 is 1. The van der Waals surface area contributed by atoms with Crippen molar-refractivity contribution < 1.29 is 14.3 Å². The maximum Gasteiger partial charge on any atom is 0.222 e. The Morgan fingerprint density at radius 3 is 2.89 bits per heavy atom. The molecule has 2 aromatic rings. The monoisotopic (exact) mass is 382 g/mol. The molecule has 2 aliphatic heterocycles.